The highest BCUT2D eigenvalue weighted by molar-refractivity contribution is 14.0. The number of nitrogens with one attached hydrogen (secondary N) is 3. The number of unbranched alkanes of at least 4 members (excludes halogenated alkanes) is 2. The number of rotatable bonds is 7. The van der Waals surface area contributed by atoms with Crippen molar-refractivity contribution in [2.24, 2.45) is 4.99 Å². The predicted octanol–water partition coefficient (Wildman–Crippen LogP) is 2.27. The minimum Gasteiger partial charge on any atom is -0.357 e. The molecule has 18 heavy (non-hydrogen) atoms. The molecule has 104 valence electrons. The fourth-order valence-electron chi connectivity index (χ4n) is 1.46. The normalized spacial score (nSPS) is 10.9. The van der Waals surface area contributed by atoms with Gasteiger partial charge in [-0.2, -0.15) is 5.10 Å². The van der Waals surface area contributed by atoms with E-state index in [4.69, 9.17) is 0 Å². The summed E-state index contributed by atoms with van der Waals surface area (Å²) in [6, 6.07) is 1.93. The fraction of sp³-hybridized carbons (Fsp3) is 0.667. The smallest absolute Gasteiger partial charge is 0.191 e. The fourth-order valence-corrected chi connectivity index (χ4v) is 1.46. The lowest BCUT2D eigenvalue weighted by molar-refractivity contribution is 0.683. The molecule has 1 rings (SSSR count). The Labute approximate surface area is 126 Å². The number of H-pyrrole nitrogens is 1. The Morgan fingerprint density at radius 2 is 2.17 bits per heavy atom. The Morgan fingerprint density at radius 1 is 1.33 bits per heavy atom. The Kier molecular flexibility index (Phi) is 10.8. The van der Waals surface area contributed by atoms with Gasteiger partial charge in [0.25, 0.3) is 0 Å². The first-order chi connectivity index (χ1) is 8.36. The zero-order valence-electron chi connectivity index (χ0n) is 11.2. The van der Waals surface area contributed by atoms with E-state index < -0.39 is 0 Å². The van der Waals surface area contributed by atoms with Crippen molar-refractivity contribution in [3.8, 4) is 0 Å². The van der Waals surface area contributed by atoms with Crippen molar-refractivity contribution < 1.29 is 0 Å². The van der Waals surface area contributed by atoms with Crippen LogP contribution in [-0.2, 0) is 6.54 Å². The molecule has 0 unspecified atom stereocenters. The van der Waals surface area contributed by atoms with Crippen molar-refractivity contribution in [1.82, 2.24) is 20.8 Å². The first-order valence-electron chi connectivity index (χ1n) is 6.37. The van der Waals surface area contributed by atoms with Gasteiger partial charge in [0, 0.05) is 19.3 Å². The molecule has 0 fully saturated rings. The second-order valence-electron chi connectivity index (χ2n) is 3.91. The first kappa shape index (κ1) is 17.2. The van der Waals surface area contributed by atoms with Crippen LogP contribution >= 0.6 is 24.0 Å². The number of halogens is 1. The monoisotopic (exact) mass is 365 g/mol. The minimum atomic E-state index is 0. The Hall–Kier alpha value is -0.790. The highest BCUT2D eigenvalue weighted by Crippen LogP contribution is 1.94. The van der Waals surface area contributed by atoms with Crippen molar-refractivity contribution in [3.05, 3.63) is 18.0 Å². The van der Waals surface area contributed by atoms with Crippen molar-refractivity contribution in [2.75, 3.05) is 13.1 Å². The molecule has 0 saturated heterocycles. The van der Waals surface area contributed by atoms with Crippen molar-refractivity contribution in [3.63, 3.8) is 0 Å². The number of guanidine groups is 1. The van der Waals surface area contributed by atoms with Gasteiger partial charge in [-0.1, -0.05) is 19.8 Å². The zero-order chi connectivity index (χ0) is 12.3. The molecule has 0 aromatic carbocycles. The molecule has 6 heteroatoms. The van der Waals surface area contributed by atoms with Crippen LogP contribution in [0, 0.1) is 0 Å². The van der Waals surface area contributed by atoms with Gasteiger partial charge in [0.2, 0.25) is 0 Å². The lowest BCUT2D eigenvalue weighted by Gasteiger charge is -2.10. The largest absolute Gasteiger partial charge is 0.357 e. The van der Waals surface area contributed by atoms with Gasteiger partial charge in [-0.05, 0) is 19.4 Å². The van der Waals surface area contributed by atoms with E-state index in [2.05, 4.69) is 39.7 Å². The third-order valence-corrected chi connectivity index (χ3v) is 2.38. The van der Waals surface area contributed by atoms with E-state index in [1.807, 2.05) is 6.07 Å². The second kappa shape index (κ2) is 11.3. The minimum absolute atomic E-state index is 0. The third-order valence-electron chi connectivity index (χ3n) is 2.38. The van der Waals surface area contributed by atoms with Crippen LogP contribution in [0.25, 0.3) is 0 Å². The van der Waals surface area contributed by atoms with Gasteiger partial charge in [0.05, 0.1) is 12.2 Å². The summed E-state index contributed by atoms with van der Waals surface area (Å²) < 4.78 is 0. The van der Waals surface area contributed by atoms with Gasteiger partial charge >= 0.3 is 0 Å². The quantitative estimate of drug-likeness (QED) is 0.301. The Balaban J connectivity index is 0.00000289. The molecule has 5 nitrogen and oxygen atoms in total. The summed E-state index contributed by atoms with van der Waals surface area (Å²) in [5.41, 5.74) is 1.02. The summed E-state index contributed by atoms with van der Waals surface area (Å²) in [7, 11) is 0. The third kappa shape index (κ3) is 7.52. The summed E-state index contributed by atoms with van der Waals surface area (Å²) >= 11 is 0. The van der Waals surface area contributed by atoms with E-state index in [1.165, 1.54) is 19.3 Å². The lowest BCUT2D eigenvalue weighted by Crippen LogP contribution is -2.37. The topological polar surface area (TPSA) is 65.1 Å². The molecule has 0 saturated carbocycles. The van der Waals surface area contributed by atoms with Crippen LogP contribution in [-0.4, -0.2) is 29.2 Å². The van der Waals surface area contributed by atoms with Gasteiger partial charge < -0.3 is 10.6 Å². The Morgan fingerprint density at radius 3 is 2.78 bits per heavy atom. The van der Waals surface area contributed by atoms with E-state index in [1.54, 1.807) is 6.20 Å². The highest BCUT2D eigenvalue weighted by atomic mass is 127. The average molecular weight is 365 g/mol. The summed E-state index contributed by atoms with van der Waals surface area (Å²) in [5.74, 6) is 0.873. The molecule has 0 radical (unpaired) electrons. The molecule has 1 aromatic rings. The maximum atomic E-state index is 4.48. The number of aromatic nitrogens is 2. The number of nitrogens with zero attached hydrogens (tertiary/aromatic N) is 2. The van der Waals surface area contributed by atoms with Crippen LogP contribution in [0.2, 0.25) is 0 Å². The Bertz CT molecular complexity index is 310. The van der Waals surface area contributed by atoms with Gasteiger partial charge in [-0.25, -0.2) is 4.99 Å². The SMILES string of the molecule is CCCCCNC(=NCc1ccn[nH]1)NCC.I. The first-order valence-corrected chi connectivity index (χ1v) is 6.37. The van der Waals surface area contributed by atoms with E-state index in [0.717, 1.165) is 24.7 Å². The standard InChI is InChI=1S/C12H23N5.HI/c1-3-5-6-8-14-12(13-4-2)15-10-11-7-9-16-17-11;/h7,9H,3-6,8,10H2,1-2H3,(H,16,17)(H2,13,14,15);1H. The van der Waals surface area contributed by atoms with Crippen LogP contribution in [0.3, 0.4) is 0 Å². The van der Waals surface area contributed by atoms with Crippen molar-refractivity contribution >= 4 is 29.9 Å². The molecule has 3 N–H and O–H groups in total. The number of aliphatic imine (C=N–C) groups is 1. The van der Waals surface area contributed by atoms with Crippen molar-refractivity contribution in [2.45, 2.75) is 39.7 Å². The maximum Gasteiger partial charge on any atom is 0.191 e. The number of hydrogen-bond donors (Lipinski definition) is 3. The average Bonchev–Trinajstić information content (AvgIpc) is 2.84. The number of hydrogen-bond acceptors (Lipinski definition) is 2. The van der Waals surface area contributed by atoms with Crippen LogP contribution in [0.1, 0.15) is 38.8 Å². The second-order valence-corrected chi connectivity index (χ2v) is 3.91. The van der Waals surface area contributed by atoms with Gasteiger partial charge in [-0.3, -0.25) is 5.10 Å². The van der Waals surface area contributed by atoms with Gasteiger partial charge in [-0.15, -0.1) is 24.0 Å². The zero-order valence-corrected chi connectivity index (χ0v) is 13.5. The predicted molar refractivity (Wildman–Crippen MR) is 86.3 cm³/mol. The molecule has 1 aromatic heterocycles. The van der Waals surface area contributed by atoms with E-state index in [0.29, 0.717) is 6.54 Å². The molecule has 0 aliphatic heterocycles. The summed E-state index contributed by atoms with van der Waals surface area (Å²) in [4.78, 5) is 4.48. The molecule has 0 bridgehead atoms. The van der Waals surface area contributed by atoms with Crippen molar-refractivity contribution in [1.29, 1.82) is 0 Å². The molecule has 0 spiro atoms. The lowest BCUT2D eigenvalue weighted by atomic mass is 10.2. The highest BCUT2D eigenvalue weighted by Gasteiger charge is 1.97. The van der Waals surface area contributed by atoms with Gasteiger partial charge in [0.15, 0.2) is 5.96 Å². The van der Waals surface area contributed by atoms with Crippen LogP contribution in [0.15, 0.2) is 17.3 Å². The molecular formula is C12H24IN5. The van der Waals surface area contributed by atoms with Gasteiger partial charge in [0.1, 0.15) is 0 Å². The number of aromatic amines is 1. The summed E-state index contributed by atoms with van der Waals surface area (Å²) in [6.45, 7) is 6.76. The van der Waals surface area contributed by atoms with E-state index in [9.17, 15) is 0 Å². The summed E-state index contributed by atoms with van der Waals surface area (Å²) in [6.07, 6.45) is 5.42. The summed E-state index contributed by atoms with van der Waals surface area (Å²) in [5, 5.41) is 13.3. The molecule has 0 atom stereocenters. The van der Waals surface area contributed by atoms with Crippen LogP contribution in [0.4, 0.5) is 0 Å². The van der Waals surface area contributed by atoms with E-state index in [-0.39, 0.29) is 24.0 Å². The molecule has 0 amide bonds. The van der Waals surface area contributed by atoms with Crippen LogP contribution < -0.4 is 10.6 Å². The van der Waals surface area contributed by atoms with E-state index >= 15 is 0 Å². The maximum absolute atomic E-state index is 4.48. The molecule has 0 aliphatic rings. The van der Waals surface area contributed by atoms with Crippen LogP contribution in [0.5, 0.6) is 0 Å². The molecule has 0 aliphatic carbocycles. The molecule has 1 heterocycles. The molecular weight excluding hydrogens is 341 g/mol.